The minimum Gasteiger partial charge on any atom is -0.323 e. The van der Waals surface area contributed by atoms with Crippen LogP contribution in [0.1, 0.15) is 6.42 Å². The lowest BCUT2D eigenvalue weighted by Gasteiger charge is -2.16. The van der Waals surface area contributed by atoms with Gasteiger partial charge in [0.2, 0.25) is 17.8 Å². The van der Waals surface area contributed by atoms with Gasteiger partial charge in [-0.25, -0.2) is 15.0 Å². The highest BCUT2D eigenvalue weighted by Crippen LogP contribution is 2.25. The molecule has 2 aromatic heterocycles. The van der Waals surface area contributed by atoms with Gasteiger partial charge in [0.05, 0.1) is 24.0 Å². The van der Waals surface area contributed by atoms with Crippen LogP contribution in [0.3, 0.4) is 0 Å². The van der Waals surface area contributed by atoms with Crippen LogP contribution < -0.4 is 10.2 Å². The number of hydrogen-bond donors (Lipinski definition) is 1. The molecule has 4 rings (SSSR count). The topological polar surface area (TPSA) is 93.0 Å². The van der Waals surface area contributed by atoms with Gasteiger partial charge in [-0.1, -0.05) is 18.2 Å². The highest BCUT2D eigenvalue weighted by molar-refractivity contribution is 6.03. The first-order valence-corrected chi connectivity index (χ1v) is 8.17. The Morgan fingerprint density at radius 1 is 1.15 bits per heavy atom. The van der Waals surface area contributed by atoms with Gasteiger partial charge in [0.25, 0.3) is 0 Å². The van der Waals surface area contributed by atoms with E-state index < -0.39 is 5.92 Å². The lowest BCUT2D eigenvalue weighted by Crippen LogP contribution is -2.28. The van der Waals surface area contributed by atoms with Crippen molar-refractivity contribution in [2.75, 3.05) is 16.8 Å². The molecule has 1 aromatic carbocycles. The van der Waals surface area contributed by atoms with E-state index in [4.69, 9.17) is 0 Å². The van der Waals surface area contributed by atoms with Crippen LogP contribution in [0.15, 0.2) is 61.4 Å². The van der Waals surface area contributed by atoms with E-state index in [0.29, 0.717) is 18.2 Å². The Morgan fingerprint density at radius 3 is 2.62 bits per heavy atom. The smallest absolute Gasteiger partial charge is 0.234 e. The van der Waals surface area contributed by atoms with Crippen molar-refractivity contribution in [3.05, 3.63) is 61.4 Å². The number of carbonyl (C=O) groups is 2. The van der Waals surface area contributed by atoms with Gasteiger partial charge in [0.15, 0.2) is 0 Å². The zero-order valence-electron chi connectivity index (χ0n) is 13.8. The lowest BCUT2D eigenvalue weighted by molar-refractivity contribution is -0.122. The fourth-order valence-corrected chi connectivity index (χ4v) is 2.88. The standard InChI is InChI=1S/C18H16N6O2/c25-16-8-13(11-24(16)15-4-2-1-3-5-15)17(26)22-14-9-20-18(21-10-14)23-7-6-19-12-23/h1-7,9-10,12-13H,8,11H2,(H,22,26). The van der Waals surface area contributed by atoms with E-state index in [2.05, 4.69) is 20.3 Å². The number of hydrogen-bond acceptors (Lipinski definition) is 5. The Balaban J connectivity index is 1.41. The van der Waals surface area contributed by atoms with Gasteiger partial charge in [0, 0.05) is 31.0 Å². The Morgan fingerprint density at radius 2 is 1.92 bits per heavy atom. The van der Waals surface area contributed by atoms with Gasteiger partial charge >= 0.3 is 0 Å². The average molecular weight is 348 g/mol. The number of benzene rings is 1. The number of anilines is 2. The predicted molar refractivity (Wildman–Crippen MR) is 94.7 cm³/mol. The van der Waals surface area contributed by atoms with Crippen molar-refractivity contribution in [1.29, 1.82) is 0 Å². The summed E-state index contributed by atoms with van der Waals surface area (Å²) in [7, 11) is 0. The first-order valence-electron chi connectivity index (χ1n) is 8.17. The van der Waals surface area contributed by atoms with E-state index in [9.17, 15) is 9.59 Å². The summed E-state index contributed by atoms with van der Waals surface area (Å²) in [5.74, 6) is -0.207. The quantitative estimate of drug-likeness (QED) is 0.774. The summed E-state index contributed by atoms with van der Waals surface area (Å²) >= 11 is 0. The molecule has 1 unspecified atom stereocenters. The van der Waals surface area contributed by atoms with Crippen molar-refractivity contribution in [3.8, 4) is 5.95 Å². The van der Waals surface area contributed by atoms with E-state index in [1.807, 2.05) is 30.3 Å². The van der Waals surface area contributed by atoms with Gasteiger partial charge in [0.1, 0.15) is 6.33 Å². The van der Waals surface area contributed by atoms with Crippen LogP contribution in [-0.4, -0.2) is 37.9 Å². The van der Waals surface area contributed by atoms with Crippen LogP contribution in [0.5, 0.6) is 0 Å². The van der Waals surface area contributed by atoms with E-state index in [1.165, 1.54) is 12.4 Å². The van der Waals surface area contributed by atoms with Gasteiger partial charge in [-0.3, -0.25) is 14.2 Å². The highest BCUT2D eigenvalue weighted by atomic mass is 16.2. The number of carbonyl (C=O) groups excluding carboxylic acids is 2. The molecule has 0 bridgehead atoms. The third-order valence-corrected chi connectivity index (χ3v) is 4.20. The normalized spacial score (nSPS) is 16.7. The monoisotopic (exact) mass is 348 g/mol. The third kappa shape index (κ3) is 3.16. The number of aromatic nitrogens is 4. The summed E-state index contributed by atoms with van der Waals surface area (Å²) in [4.78, 5) is 38.7. The molecule has 8 heteroatoms. The maximum atomic E-state index is 12.5. The maximum Gasteiger partial charge on any atom is 0.234 e. The second-order valence-electron chi connectivity index (χ2n) is 5.97. The number of amides is 2. The molecule has 1 aliphatic heterocycles. The molecular formula is C18H16N6O2. The molecule has 1 saturated heterocycles. The van der Waals surface area contributed by atoms with Crippen molar-refractivity contribution in [1.82, 2.24) is 19.5 Å². The Kier molecular flexibility index (Phi) is 4.14. The van der Waals surface area contributed by atoms with Crippen LogP contribution in [0, 0.1) is 5.92 Å². The summed E-state index contributed by atoms with van der Waals surface area (Å²) in [6.07, 6.45) is 8.22. The zero-order valence-corrected chi connectivity index (χ0v) is 13.8. The fourth-order valence-electron chi connectivity index (χ4n) is 2.88. The van der Waals surface area contributed by atoms with Gasteiger partial charge in [-0.15, -0.1) is 0 Å². The molecule has 26 heavy (non-hydrogen) atoms. The number of nitrogens with zero attached hydrogens (tertiary/aromatic N) is 5. The molecule has 130 valence electrons. The molecule has 3 heterocycles. The molecule has 1 fully saturated rings. The Hall–Kier alpha value is -3.55. The Labute approximate surface area is 149 Å². The summed E-state index contributed by atoms with van der Waals surface area (Å²) in [6.45, 7) is 0.364. The minimum atomic E-state index is -0.406. The molecule has 0 spiro atoms. The molecule has 8 nitrogen and oxygen atoms in total. The van der Waals surface area contributed by atoms with Crippen molar-refractivity contribution >= 4 is 23.2 Å². The molecular weight excluding hydrogens is 332 g/mol. The molecule has 0 saturated carbocycles. The minimum absolute atomic E-state index is 0.0527. The molecule has 1 aliphatic rings. The second kappa shape index (κ2) is 6.75. The molecule has 2 amide bonds. The molecule has 3 aromatic rings. The SMILES string of the molecule is O=C(Nc1cnc(-n2ccnc2)nc1)C1CC(=O)N(c2ccccc2)C1. The first kappa shape index (κ1) is 15.9. The lowest BCUT2D eigenvalue weighted by atomic mass is 10.1. The third-order valence-electron chi connectivity index (χ3n) is 4.20. The molecule has 0 radical (unpaired) electrons. The Bertz CT molecular complexity index is 909. The average Bonchev–Trinajstić information content (AvgIpc) is 3.33. The summed E-state index contributed by atoms with van der Waals surface area (Å²) in [6, 6.07) is 9.35. The highest BCUT2D eigenvalue weighted by Gasteiger charge is 2.35. The summed E-state index contributed by atoms with van der Waals surface area (Å²) in [5, 5.41) is 2.78. The van der Waals surface area contributed by atoms with Crippen LogP contribution >= 0.6 is 0 Å². The second-order valence-corrected chi connectivity index (χ2v) is 5.97. The fraction of sp³-hybridized carbons (Fsp3) is 0.167. The van der Waals surface area contributed by atoms with Crippen molar-refractivity contribution in [2.24, 2.45) is 5.92 Å². The van der Waals surface area contributed by atoms with Crippen LogP contribution in [0.2, 0.25) is 0 Å². The zero-order chi connectivity index (χ0) is 17.9. The predicted octanol–water partition coefficient (Wildman–Crippen LogP) is 1.65. The summed E-state index contributed by atoms with van der Waals surface area (Å²) in [5.41, 5.74) is 1.30. The van der Waals surface area contributed by atoms with Crippen LogP contribution in [0.4, 0.5) is 11.4 Å². The number of para-hydroxylation sites is 1. The number of rotatable bonds is 4. The van der Waals surface area contributed by atoms with E-state index >= 15 is 0 Å². The van der Waals surface area contributed by atoms with E-state index in [1.54, 1.807) is 28.2 Å². The molecule has 0 aliphatic carbocycles. The largest absolute Gasteiger partial charge is 0.323 e. The van der Waals surface area contributed by atoms with Crippen molar-refractivity contribution in [3.63, 3.8) is 0 Å². The van der Waals surface area contributed by atoms with E-state index in [-0.39, 0.29) is 18.2 Å². The van der Waals surface area contributed by atoms with Crippen LogP contribution in [-0.2, 0) is 9.59 Å². The maximum absolute atomic E-state index is 12.5. The van der Waals surface area contributed by atoms with Crippen molar-refractivity contribution < 1.29 is 9.59 Å². The van der Waals surface area contributed by atoms with Crippen molar-refractivity contribution in [2.45, 2.75) is 6.42 Å². The molecule has 1 atom stereocenters. The van der Waals surface area contributed by atoms with Crippen LogP contribution in [0.25, 0.3) is 5.95 Å². The number of imidazole rings is 1. The van der Waals surface area contributed by atoms with Gasteiger partial charge in [-0.2, -0.15) is 0 Å². The van der Waals surface area contributed by atoms with E-state index in [0.717, 1.165) is 5.69 Å². The first-order chi connectivity index (χ1) is 12.7. The summed E-state index contributed by atoms with van der Waals surface area (Å²) < 4.78 is 1.67. The number of nitrogens with one attached hydrogen (secondary N) is 1. The molecule has 1 N–H and O–H groups in total. The van der Waals surface area contributed by atoms with Gasteiger partial charge < -0.3 is 10.2 Å². The van der Waals surface area contributed by atoms with Gasteiger partial charge in [-0.05, 0) is 12.1 Å².